The number of hydrogen-bond donors (Lipinski definition) is 1. The van der Waals surface area contributed by atoms with Crippen LogP contribution < -0.4 is 5.32 Å². The molecule has 0 spiro atoms. The van der Waals surface area contributed by atoms with E-state index in [-0.39, 0.29) is 0 Å². The van der Waals surface area contributed by atoms with Crippen molar-refractivity contribution in [2.24, 2.45) is 7.05 Å². The van der Waals surface area contributed by atoms with E-state index in [1.165, 1.54) is 10.5 Å². The van der Waals surface area contributed by atoms with Crippen LogP contribution in [0.5, 0.6) is 0 Å². The van der Waals surface area contributed by atoms with E-state index in [9.17, 15) is 0 Å². The molecule has 1 aromatic carbocycles. The molecule has 0 aliphatic carbocycles. The maximum atomic E-state index is 4.38. The molecule has 3 nitrogen and oxygen atoms in total. The van der Waals surface area contributed by atoms with Crippen LogP contribution in [0.2, 0.25) is 0 Å². The fourth-order valence-corrected chi connectivity index (χ4v) is 3.14. The molecule has 0 amide bonds. The van der Waals surface area contributed by atoms with Crippen LogP contribution >= 0.6 is 11.8 Å². The second-order valence-corrected chi connectivity index (χ2v) is 6.20. The number of benzene rings is 1. The van der Waals surface area contributed by atoms with Crippen molar-refractivity contribution >= 4 is 11.8 Å². The zero-order valence-electron chi connectivity index (χ0n) is 12.5. The summed E-state index contributed by atoms with van der Waals surface area (Å²) in [6.07, 6.45) is 6.00. The van der Waals surface area contributed by atoms with Gasteiger partial charge in [0.25, 0.3) is 0 Å². The summed E-state index contributed by atoms with van der Waals surface area (Å²) in [6.45, 7) is 2.12. The Morgan fingerprint density at radius 1 is 1.30 bits per heavy atom. The van der Waals surface area contributed by atoms with Gasteiger partial charge >= 0.3 is 0 Å². The molecule has 0 aliphatic heterocycles. The predicted octanol–water partition coefficient (Wildman–Crippen LogP) is 3.04. The van der Waals surface area contributed by atoms with Crippen molar-refractivity contribution in [2.45, 2.75) is 30.7 Å². The van der Waals surface area contributed by atoms with Crippen LogP contribution in [0.25, 0.3) is 0 Å². The van der Waals surface area contributed by atoms with Crippen molar-refractivity contribution in [2.75, 3.05) is 12.8 Å². The quantitative estimate of drug-likeness (QED) is 0.795. The van der Waals surface area contributed by atoms with Crippen molar-refractivity contribution in [3.05, 3.63) is 48.0 Å². The van der Waals surface area contributed by atoms with Gasteiger partial charge < -0.3 is 9.88 Å². The molecule has 108 valence electrons. The average Bonchev–Trinajstić information content (AvgIpc) is 2.86. The number of rotatable bonds is 7. The first-order chi connectivity index (χ1) is 9.69. The molecule has 2 rings (SSSR count). The van der Waals surface area contributed by atoms with E-state index in [0.717, 1.165) is 24.4 Å². The summed E-state index contributed by atoms with van der Waals surface area (Å²) in [7, 11) is 4.09. The number of nitrogens with one attached hydrogen (secondary N) is 1. The topological polar surface area (TPSA) is 29.9 Å². The summed E-state index contributed by atoms with van der Waals surface area (Å²) in [5.41, 5.74) is 1.31. The van der Waals surface area contributed by atoms with Crippen molar-refractivity contribution < 1.29 is 0 Å². The Labute approximate surface area is 125 Å². The molecule has 0 saturated heterocycles. The smallest absolute Gasteiger partial charge is 0.108 e. The van der Waals surface area contributed by atoms with Gasteiger partial charge in [-0.25, -0.2) is 4.98 Å². The number of aryl methyl sites for hydroxylation is 3. The molecule has 1 N–H and O–H groups in total. The minimum atomic E-state index is 0.512. The highest BCUT2D eigenvalue weighted by molar-refractivity contribution is 7.99. The molecule has 0 bridgehead atoms. The van der Waals surface area contributed by atoms with E-state index in [4.69, 9.17) is 0 Å². The van der Waals surface area contributed by atoms with E-state index in [1.54, 1.807) is 0 Å². The lowest BCUT2D eigenvalue weighted by atomic mass is 10.2. The highest BCUT2D eigenvalue weighted by Crippen LogP contribution is 2.20. The number of imidazole rings is 1. The van der Waals surface area contributed by atoms with E-state index >= 15 is 0 Å². The van der Waals surface area contributed by atoms with Gasteiger partial charge in [0.15, 0.2) is 0 Å². The van der Waals surface area contributed by atoms with Gasteiger partial charge in [-0.15, -0.1) is 11.8 Å². The lowest BCUT2D eigenvalue weighted by Gasteiger charge is -2.15. The van der Waals surface area contributed by atoms with Gasteiger partial charge in [0.05, 0.1) is 0 Å². The standard InChI is InChI=1S/C16H23N3S/c1-13-4-7-15(8-5-13)20-12-14(17-2)6-9-16-18-10-11-19(16)3/h4-5,7-8,10-11,14,17H,6,9,12H2,1-3H3. The molecule has 0 fully saturated rings. The van der Waals surface area contributed by atoms with Crippen LogP contribution in [0.3, 0.4) is 0 Å². The second kappa shape index (κ2) is 7.50. The first kappa shape index (κ1) is 15.1. The highest BCUT2D eigenvalue weighted by Gasteiger charge is 2.09. The zero-order valence-corrected chi connectivity index (χ0v) is 13.3. The van der Waals surface area contributed by atoms with Crippen LogP contribution in [-0.4, -0.2) is 28.4 Å². The molecule has 4 heteroatoms. The van der Waals surface area contributed by atoms with E-state index in [0.29, 0.717) is 6.04 Å². The Bertz CT molecular complexity index is 519. The normalized spacial score (nSPS) is 12.6. The molecule has 2 aromatic rings. The average molecular weight is 289 g/mol. The Balaban J connectivity index is 1.80. The molecule has 1 atom stereocenters. The van der Waals surface area contributed by atoms with E-state index in [1.807, 2.05) is 31.2 Å². The van der Waals surface area contributed by atoms with Gasteiger partial charge in [-0.1, -0.05) is 17.7 Å². The fraction of sp³-hybridized carbons (Fsp3) is 0.438. The third-order valence-corrected chi connectivity index (χ3v) is 4.69. The number of aromatic nitrogens is 2. The van der Waals surface area contributed by atoms with Crippen LogP contribution in [0.4, 0.5) is 0 Å². The number of thioether (sulfide) groups is 1. The Hall–Kier alpha value is -1.26. The van der Waals surface area contributed by atoms with Crippen LogP contribution in [-0.2, 0) is 13.5 Å². The molecule has 0 aliphatic rings. The summed E-state index contributed by atoms with van der Waals surface area (Å²) in [5, 5.41) is 3.41. The third-order valence-electron chi connectivity index (χ3n) is 3.52. The van der Waals surface area contributed by atoms with Gasteiger partial charge in [0.2, 0.25) is 0 Å². The molecule has 0 radical (unpaired) electrons. The highest BCUT2D eigenvalue weighted by atomic mass is 32.2. The maximum absolute atomic E-state index is 4.38. The summed E-state index contributed by atoms with van der Waals surface area (Å²) in [6, 6.07) is 9.25. The van der Waals surface area contributed by atoms with Gasteiger partial charge in [-0.2, -0.15) is 0 Å². The van der Waals surface area contributed by atoms with Crippen molar-refractivity contribution in [1.82, 2.24) is 14.9 Å². The van der Waals surface area contributed by atoms with Crippen LogP contribution in [0, 0.1) is 6.92 Å². The Kier molecular flexibility index (Phi) is 5.68. The molecule has 1 heterocycles. The molecule has 0 saturated carbocycles. The van der Waals surface area contributed by atoms with E-state index in [2.05, 4.69) is 53.1 Å². The summed E-state index contributed by atoms with van der Waals surface area (Å²) in [4.78, 5) is 5.72. The minimum Gasteiger partial charge on any atom is -0.338 e. The molecular weight excluding hydrogens is 266 g/mol. The molecule has 1 unspecified atom stereocenters. The summed E-state index contributed by atoms with van der Waals surface area (Å²) in [5.74, 6) is 2.25. The third kappa shape index (κ3) is 4.39. The SMILES string of the molecule is CNC(CCc1nccn1C)CSc1ccc(C)cc1. The second-order valence-electron chi connectivity index (χ2n) is 5.10. The largest absolute Gasteiger partial charge is 0.338 e. The maximum Gasteiger partial charge on any atom is 0.108 e. The summed E-state index contributed by atoms with van der Waals surface area (Å²) < 4.78 is 2.10. The van der Waals surface area contributed by atoms with Crippen molar-refractivity contribution in [3.63, 3.8) is 0 Å². The molecule has 1 aromatic heterocycles. The minimum absolute atomic E-state index is 0.512. The van der Waals surface area contributed by atoms with Crippen molar-refractivity contribution in [3.8, 4) is 0 Å². The van der Waals surface area contributed by atoms with Gasteiger partial charge in [0.1, 0.15) is 5.82 Å². The van der Waals surface area contributed by atoms with Gasteiger partial charge in [0, 0.05) is 42.6 Å². The number of hydrogen-bond acceptors (Lipinski definition) is 3. The fourth-order valence-electron chi connectivity index (χ4n) is 2.08. The lowest BCUT2D eigenvalue weighted by molar-refractivity contribution is 0.557. The number of nitrogens with zero attached hydrogens (tertiary/aromatic N) is 2. The zero-order chi connectivity index (χ0) is 14.4. The predicted molar refractivity (Wildman–Crippen MR) is 86.3 cm³/mol. The first-order valence-electron chi connectivity index (χ1n) is 7.02. The van der Waals surface area contributed by atoms with Crippen LogP contribution in [0.15, 0.2) is 41.6 Å². The van der Waals surface area contributed by atoms with E-state index < -0.39 is 0 Å². The monoisotopic (exact) mass is 289 g/mol. The Morgan fingerprint density at radius 2 is 2.05 bits per heavy atom. The molecular formula is C16H23N3S. The lowest BCUT2D eigenvalue weighted by Crippen LogP contribution is -2.28. The van der Waals surface area contributed by atoms with Gasteiger partial charge in [-0.3, -0.25) is 0 Å². The first-order valence-corrected chi connectivity index (χ1v) is 8.00. The van der Waals surface area contributed by atoms with Crippen molar-refractivity contribution in [1.29, 1.82) is 0 Å². The molecule has 20 heavy (non-hydrogen) atoms. The Morgan fingerprint density at radius 3 is 2.65 bits per heavy atom. The summed E-state index contributed by atoms with van der Waals surface area (Å²) >= 11 is 1.91. The van der Waals surface area contributed by atoms with Gasteiger partial charge in [-0.05, 0) is 32.5 Å². The van der Waals surface area contributed by atoms with Crippen LogP contribution in [0.1, 0.15) is 17.8 Å².